The molecule has 3 heterocycles. The van der Waals surface area contributed by atoms with Crippen molar-refractivity contribution in [2.45, 2.75) is 49.9 Å². The van der Waals surface area contributed by atoms with Crippen molar-refractivity contribution in [1.29, 1.82) is 5.26 Å². The molecule has 0 spiro atoms. The van der Waals surface area contributed by atoms with Gasteiger partial charge in [0.1, 0.15) is 31.1 Å². The molecule has 1 unspecified atom stereocenters. The number of nitriles is 1. The van der Waals surface area contributed by atoms with Gasteiger partial charge in [-0.2, -0.15) is 5.26 Å². The fraction of sp³-hybridized carbons (Fsp3) is 0.263. The zero-order valence-corrected chi connectivity index (χ0v) is 31.8. The predicted molar refractivity (Wildman–Crippen MR) is 200 cm³/mol. The summed E-state index contributed by atoms with van der Waals surface area (Å²) in [6, 6.07) is 16.8. The molecule has 0 aliphatic carbocycles. The van der Waals surface area contributed by atoms with Crippen LogP contribution in [0.2, 0.25) is 5.02 Å². The Balaban J connectivity index is 1.03. The SMILES string of the molecule is CC(C)(c1ccc(OCc2ccnc(S(C)(=O)=O)n2)cc1)c1cc(Cl)c(OCCNC(=O)Nc2ccc3c(c2)C(=O)N(C2CCC(=O)NC2=O)C3=O)c(C#N)c1. The summed E-state index contributed by atoms with van der Waals surface area (Å²) in [7, 11) is -3.56. The number of imide groups is 2. The zero-order valence-electron chi connectivity index (χ0n) is 30.2. The molecule has 1 saturated heterocycles. The van der Waals surface area contributed by atoms with Crippen molar-refractivity contribution in [2.75, 3.05) is 24.7 Å². The smallest absolute Gasteiger partial charge is 0.319 e. The molecular formula is C38H34ClN7O9S. The number of rotatable bonds is 12. The molecule has 2 aliphatic heterocycles. The highest BCUT2D eigenvalue weighted by atomic mass is 35.5. The van der Waals surface area contributed by atoms with Crippen LogP contribution >= 0.6 is 11.6 Å². The van der Waals surface area contributed by atoms with Crippen molar-refractivity contribution in [3.8, 4) is 17.6 Å². The van der Waals surface area contributed by atoms with Crippen LogP contribution in [0.1, 0.15) is 69.8 Å². The Morgan fingerprint density at radius 3 is 2.45 bits per heavy atom. The van der Waals surface area contributed by atoms with E-state index in [4.69, 9.17) is 21.1 Å². The van der Waals surface area contributed by atoms with Gasteiger partial charge in [0.15, 0.2) is 5.75 Å². The summed E-state index contributed by atoms with van der Waals surface area (Å²) in [5.74, 6) is -1.89. The second-order valence-electron chi connectivity index (χ2n) is 13.4. The number of urea groups is 1. The highest BCUT2D eigenvalue weighted by Gasteiger charge is 2.44. The van der Waals surface area contributed by atoms with Crippen LogP contribution < -0.4 is 25.4 Å². The van der Waals surface area contributed by atoms with Crippen LogP contribution in [0.4, 0.5) is 10.5 Å². The predicted octanol–water partition coefficient (Wildman–Crippen LogP) is 3.91. The molecular weight excluding hydrogens is 766 g/mol. The number of ether oxygens (including phenoxy) is 2. The van der Waals surface area contributed by atoms with Gasteiger partial charge in [-0.25, -0.2) is 23.2 Å². The third-order valence-electron chi connectivity index (χ3n) is 9.20. The maximum absolute atomic E-state index is 13.1. The first-order chi connectivity index (χ1) is 26.6. The molecule has 6 amide bonds. The van der Waals surface area contributed by atoms with Crippen LogP contribution in [-0.2, 0) is 31.4 Å². The molecule has 288 valence electrons. The minimum Gasteiger partial charge on any atom is -0.489 e. The average molecular weight is 800 g/mol. The van der Waals surface area contributed by atoms with Crippen LogP contribution in [0.5, 0.6) is 11.5 Å². The van der Waals surface area contributed by atoms with Gasteiger partial charge in [-0.15, -0.1) is 0 Å². The third kappa shape index (κ3) is 8.31. The van der Waals surface area contributed by atoms with E-state index in [-0.39, 0.29) is 70.9 Å². The number of nitrogens with one attached hydrogen (secondary N) is 3. The molecule has 1 aromatic heterocycles. The second-order valence-corrected chi connectivity index (χ2v) is 15.7. The Morgan fingerprint density at radius 2 is 1.75 bits per heavy atom. The van der Waals surface area contributed by atoms with Crippen LogP contribution in [-0.4, -0.2) is 78.4 Å². The Labute approximate surface area is 326 Å². The van der Waals surface area contributed by atoms with E-state index in [2.05, 4.69) is 32.0 Å². The Bertz CT molecular complexity index is 2430. The molecule has 4 aromatic rings. The van der Waals surface area contributed by atoms with E-state index >= 15 is 0 Å². The Kier molecular flexibility index (Phi) is 11.1. The van der Waals surface area contributed by atoms with E-state index in [0.717, 1.165) is 22.3 Å². The number of amides is 6. The summed E-state index contributed by atoms with van der Waals surface area (Å²) in [5.41, 5.74) is 1.92. The van der Waals surface area contributed by atoms with E-state index in [9.17, 15) is 37.7 Å². The summed E-state index contributed by atoms with van der Waals surface area (Å²) in [6.45, 7) is 3.93. The number of piperidine rings is 1. The molecule has 56 heavy (non-hydrogen) atoms. The molecule has 2 aliphatic rings. The monoisotopic (exact) mass is 799 g/mol. The molecule has 3 aromatic carbocycles. The van der Waals surface area contributed by atoms with Crippen molar-refractivity contribution < 1.29 is 41.9 Å². The van der Waals surface area contributed by atoms with Gasteiger partial charge in [-0.05, 0) is 66.1 Å². The lowest BCUT2D eigenvalue weighted by atomic mass is 9.77. The molecule has 0 bridgehead atoms. The first kappa shape index (κ1) is 39.3. The quantitative estimate of drug-likeness (QED) is 0.105. The number of carbonyl (C=O) groups excluding carboxylic acids is 5. The molecule has 3 N–H and O–H groups in total. The molecule has 16 nitrogen and oxygen atoms in total. The van der Waals surface area contributed by atoms with Crippen molar-refractivity contribution in [1.82, 2.24) is 25.5 Å². The highest BCUT2D eigenvalue weighted by Crippen LogP contribution is 2.39. The first-order valence-electron chi connectivity index (χ1n) is 17.1. The molecule has 0 radical (unpaired) electrons. The molecule has 0 saturated carbocycles. The topological polar surface area (TPSA) is 227 Å². The Hall–Kier alpha value is -6.38. The number of sulfone groups is 1. The number of nitrogens with zero attached hydrogens (tertiary/aromatic N) is 4. The lowest BCUT2D eigenvalue weighted by Crippen LogP contribution is -2.54. The van der Waals surface area contributed by atoms with Crippen molar-refractivity contribution in [2.24, 2.45) is 0 Å². The zero-order chi connectivity index (χ0) is 40.4. The van der Waals surface area contributed by atoms with E-state index in [0.29, 0.717) is 11.4 Å². The number of benzene rings is 3. The van der Waals surface area contributed by atoms with Gasteiger partial charge >= 0.3 is 6.03 Å². The van der Waals surface area contributed by atoms with Crippen molar-refractivity contribution in [3.63, 3.8) is 0 Å². The number of aromatic nitrogens is 2. The van der Waals surface area contributed by atoms with Crippen LogP contribution in [0, 0.1) is 11.3 Å². The number of carbonyl (C=O) groups is 5. The van der Waals surface area contributed by atoms with Gasteiger partial charge < -0.3 is 20.1 Å². The lowest BCUT2D eigenvalue weighted by molar-refractivity contribution is -0.136. The minimum absolute atomic E-state index is 0.00440. The van der Waals surface area contributed by atoms with E-state index < -0.39 is 51.0 Å². The summed E-state index contributed by atoms with van der Waals surface area (Å²) >= 11 is 6.63. The lowest BCUT2D eigenvalue weighted by Gasteiger charge is -2.27. The highest BCUT2D eigenvalue weighted by molar-refractivity contribution is 7.90. The van der Waals surface area contributed by atoms with Crippen molar-refractivity contribution in [3.05, 3.63) is 105 Å². The van der Waals surface area contributed by atoms with Crippen LogP contribution in [0.3, 0.4) is 0 Å². The van der Waals surface area contributed by atoms with E-state index in [1.807, 2.05) is 26.0 Å². The molecule has 18 heteroatoms. The maximum Gasteiger partial charge on any atom is 0.319 e. The minimum atomic E-state index is -3.56. The van der Waals surface area contributed by atoms with Crippen LogP contribution in [0.15, 0.2) is 72.0 Å². The summed E-state index contributed by atoms with van der Waals surface area (Å²) in [4.78, 5) is 71.2. The van der Waals surface area contributed by atoms with Gasteiger partial charge in [-0.3, -0.25) is 29.4 Å². The summed E-state index contributed by atoms with van der Waals surface area (Å²) in [5, 5.41) is 17.2. The molecule has 1 fully saturated rings. The van der Waals surface area contributed by atoms with E-state index in [1.165, 1.54) is 24.4 Å². The fourth-order valence-electron chi connectivity index (χ4n) is 6.15. The van der Waals surface area contributed by atoms with Gasteiger partial charge in [0.05, 0.1) is 34.0 Å². The van der Waals surface area contributed by atoms with Gasteiger partial charge in [0, 0.05) is 30.0 Å². The number of hydrogen-bond donors (Lipinski definition) is 3. The standard InChI is InChI=1S/C38H34ClN7O9S/c1-38(2,22-4-7-26(8-5-22)55-20-25-12-13-42-37(44-25)56(3,52)53)23-16-21(19-40)32(29(39)17-23)54-15-14-41-36(51)43-24-6-9-27-28(18-24)35(50)46(34(27)49)30-10-11-31(47)45-33(30)48/h4-9,12-13,16-18,30H,10-11,14-15,20H2,1-3H3,(H2,41,43,51)(H,45,47,48). The van der Waals surface area contributed by atoms with Gasteiger partial charge in [0.2, 0.25) is 26.8 Å². The number of halogens is 1. The fourth-order valence-corrected chi connectivity index (χ4v) is 6.96. The average Bonchev–Trinajstić information content (AvgIpc) is 3.40. The third-order valence-corrected chi connectivity index (χ3v) is 10.3. The molecule has 6 rings (SSSR count). The van der Waals surface area contributed by atoms with Gasteiger partial charge in [0.25, 0.3) is 11.8 Å². The van der Waals surface area contributed by atoms with Crippen molar-refractivity contribution >= 4 is 56.8 Å². The van der Waals surface area contributed by atoms with E-state index in [1.54, 1.807) is 30.3 Å². The normalized spacial score (nSPS) is 15.5. The Morgan fingerprint density at radius 1 is 1.02 bits per heavy atom. The number of fused-ring (bicyclic) bond motifs is 1. The second kappa shape index (κ2) is 15.8. The maximum atomic E-state index is 13.1. The first-order valence-corrected chi connectivity index (χ1v) is 19.4. The number of hydrogen-bond acceptors (Lipinski definition) is 12. The number of anilines is 1. The summed E-state index contributed by atoms with van der Waals surface area (Å²) in [6.07, 6.45) is 2.41. The summed E-state index contributed by atoms with van der Waals surface area (Å²) < 4.78 is 35.2. The van der Waals surface area contributed by atoms with Crippen LogP contribution in [0.25, 0.3) is 0 Å². The largest absolute Gasteiger partial charge is 0.489 e. The molecule has 1 atom stereocenters. The van der Waals surface area contributed by atoms with Gasteiger partial charge in [-0.1, -0.05) is 37.6 Å².